The summed E-state index contributed by atoms with van der Waals surface area (Å²) in [7, 11) is 0. The van der Waals surface area contributed by atoms with Gasteiger partial charge in [-0.3, -0.25) is 9.59 Å². The molecular formula is C21H17N3O3S. The Morgan fingerprint density at radius 1 is 1.07 bits per heavy atom. The van der Waals surface area contributed by atoms with Gasteiger partial charge in [-0.05, 0) is 42.0 Å². The van der Waals surface area contributed by atoms with E-state index in [-0.39, 0.29) is 18.4 Å². The molecule has 2 heterocycles. The lowest BCUT2D eigenvalue weighted by Gasteiger charge is -2.06. The summed E-state index contributed by atoms with van der Waals surface area (Å²) in [4.78, 5) is 28.8. The average Bonchev–Trinajstić information content (AvgIpc) is 3.34. The first-order valence-electron chi connectivity index (χ1n) is 8.68. The van der Waals surface area contributed by atoms with Gasteiger partial charge in [-0.2, -0.15) is 0 Å². The molecule has 4 aromatic rings. The lowest BCUT2D eigenvalue weighted by Crippen LogP contribution is -2.32. The van der Waals surface area contributed by atoms with Crippen LogP contribution >= 0.6 is 11.3 Å². The summed E-state index contributed by atoms with van der Waals surface area (Å²) < 4.78 is 5.52. The SMILES string of the molecule is Cc1ccc(-c2csc(NC(=O)CNC(=O)c3ccc4ccccc4c3)n2)o1. The zero-order chi connectivity index (χ0) is 19.5. The lowest BCUT2D eigenvalue weighted by molar-refractivity contribution is -0.115. The van der Waals surface area contributed by atoms with Crippen LogP contribution in [0.5, 0.6) is 0 Å². The predicted octanol–water partition coefficient (Wildman–Crippen LogP) is 4.23. The third kappa shape index (κ3) is 3.94. The number of aromatic nitrogens is 1. The molecular weight excluding hydrogens is 374 g/mol. The minimum absolute atomic E-state index is 0.138. The van der Waals surface area contributed by atoms with Crippen LogP contribution in [0, 0.1) is 6.92 Å². The molecule has 0 aliphatic heterocycles. The maximum Gasteiger partial charge on any atom is 0.251 e. The van der Waals surface area contributed by atoms with Crippen molar-refractivity contribution in [3.05, 3.63) is 71.3 Å². The number of carbonyl (C=O) groups excluding carboxylic acids is 2. The molecule has 0 bridgehead atoms. The van der Waals surface area contributed by atoms with Crippen LogP contribution in [-0.4, -0.2) is 23.3 Å². The molecule has 0 aliphatic carbocycles. The van der Waals surface area contributed by atoms with Gasteiger partial charge in [0.15, 0.2) is 10.9 Å². The number of hydrogen-bond donors (Lipinski definition) is 2. The summed E-state index contributed by atoms with van der Waals surface area (Å²) >= 11 is 1.30. The molecule has 0 aliphatic rings. The third-order valence-electron chi connectivity index (χ3n) is 4.16. The monoisotopic (exact) mass is 391 g/mol. The number of nitrogens with one attached hydrogen (secondary N) is 2. The Morgan fingerprint density at radius 3 is 2.68 bits per heavy atom. The first-order valence-corrected chi connectivity index (χ1v) is 9.56. The van der Waals surface area contributed by atoms with Gasteiger partial charge in [0, 0.05) is 10.9 Å². The molecule has 2 amide bonds. The highest BCUT2D eigenvalue weighted by Crippen LogP contribution is 2.26. The number of fused-ring (bicyclic) bond motifs is 1. The molecule has 7 heteroatoms. The third-order valence-corrected chi connectivity index (χ3v) is 4.92. The highest BCUT2D eigenvalue weighted by atomic mass is 32.1. The fraction of sp³-hybridized carbons (Fsp3) is 0.0952. The first kappa shape index (κ1) is 17.9. The van der Waals surface area contributed by atoms with Crippen molar-refractivity contribution in [2.45, 2.75) is 6.92 Å². The molecule has 2 aromatic heterocycles. The highest BCUT2D eigenvalue weighted by Gasteiger charge is 2.12. The van der Waals surface area contributed by atoms with Crippen molar-refractivity contribution >= 4 is 39.1 Å². The Balaban J connectivity index is 1.35. The predicted molar refractivity (Wildman–Crippen MR) is 109 cm³/mol. The molecule has 140 valence electrons. The zero-order valence-electron chi connectivity index (χ0n) is 15.1. The van der Waals surface area contributed by atoms with Crippen LogP contribution in [0.3, 0.4) is 0 Å². The Morgan fingerprint density at radius 2 is 1.89 bits per heavy atom. The Labute approximate surface area is 165 Å². The van der Waals surface area contributed by atoms with Gasteiger partial charge < -0.3 is 15.1 Å². The van der Waals surface area contributed by atoms with Crippen LogP contribution in [0.1, 0.15) is 16.1 Å². The van der Waals surface area contributed by atoms with Crippen LogP contribution in [0.2, 0.25) is 0 Å². The maximum atomic E-state index is 12.3. The zero-order valence-corrected chi connectivity index (χ0v) is 15.9. The van der Waals surface area contributed by atoms with Gasteiger partial charge in [0.2, 0.25) is 5.91 Å². The van der Waals surface area contributed by atoms with E-state index in [1.54, 1.807) is 12.1 Å². The molecule has 0 spiro atoms. The molecule has 0 unspecified atom stereocenters. The van der Waals surface area contributed by atoms with Gasteiger partial charge in [-0.1, -0.05) is 30.3 Å². The van der Waals surface area contributed by atoms with Crippen LogP contribution in [0.25, 0.3) is 22.2 Å². The summed E-state index contributed by atoms with van der Waals surface area (Å²) in [6.45, 7) is 1.72. The quantitative estimate of drug-likeness (QED) is 0.533. The number of nitrogens with zero attached hydrogens (tertiary/aromatic N) is 1. The topological polar surface area (TPSA) is 84.2 Å². The van der Waals surface area contributed by atoms with E-state index < -0.39 is 0 Å². The molecule has 2 aromatic carbocycles. The second-order valence-electron chi connectivity index (χ2n) is 6.24. The second-order valence-corrected chi connectivity index (χ2v) is 7.10. The van der Waals surface area contributed by atoms with E-state index in [0.29, 0.717) is 22.1 Å². The van der Waals surface area contributed by atoms with Crippen molar-refractivity contribution in [1.82, 2.24) is 10.3 Å². The van der Waals surface area contributed by atoms with E-state index in [0.717, 1.165) is 16.5 Å². The number of benzene rings is 2. The van der Waals surface area contributed by atoms with Crippen molar-refractivity contribution in [3.8, 4) is 11.5 Å². The molecule has 0 saturated heterocycles. The standard InChI is InChI=1S/C21H17N3O3S/c1-13-6-9-18(27-13)17-12-28-21(23-17)24-19(25)11-22-20(26)16-8-7-14-4-2-3-5-15(14)10-16/h2-10,12H,11H2,1H3,(H,22,26)(H,23,24,25). The van der Waals surface area contributed by atoms with Crippen LogP contribution < -0.4 is 10.6 Å². The van der Waals surface area contributed by atoms with E-state index in [9.17, 15) is 9.59 Å². The molecule has 0 atom stereocenters. The van der Waals surface area contributed by atoms with E-state index in [1.807, 2.05) is 54.8 Å². The minimum Gasteiger partial charge on any atom is -0.460 e. The summed E-state index contributed by atoms with van der Waals surface area (Å²) in [6.07, 6.45) is 0. The van der Waals surface area contributed by atoms with Gasteiger partial charge in [0.25, 0.3) is 5.91 Å². The van der Waals surface area contributed by atoms with E-state index in [2.05, 4.69) is 15.6 Å². The van der Waals surface area contributed by atoms with Crippen LogP contribution in [0.4, 0.5) is 5.13 Å². The molecule has 0 radical (unpaired) electrons. The summed E-state index contributed by atoms with van der Waals surface area (Å²) in [5.41, 5.74) is 1.17. The molecule has 0 fully saturated rings. The van der Waals surface area contributed by atoms with Gasteiger partial charge in [0.1, 0.15) is 11.5 Å². The van der Waals surface area contributed by atoms with Crippen molar-refractivity contribution in [1.29, 1.82) is 0 Å². The number of rotatable bonds is 5. The fourth-order valence-electron chi connectivity index (χ4n) is 2.77. The van der Waals surface area contributed by atoms with E-state index in [4.69, 9.17) is 4.42 Å². The smallest absolute Gasteiger partial charge is 0.251 e. The van der Waals surface area contributed by atoms with Crippen LogP contribution in [0.15, 0.2) is 64.4 Å². The number of amides is 2. The normalized spacial score (nSPS) is 10.8. The Hall–Kier alpha value is -3.45. The van der Waals surface area contributed by atoms with E-state index >= 15 is 0 Å². The summed E-state index contributed by atoms with van der Waals surface area (Å²) in [6, 6.07) is 16.9. The Bertz CT molecular complexity index is 1160. The summed E-state index contributed by atoms with van der Waals surface area (Å²) in [5.74, 6) is 0.807. The molecule has 6 nitrogen and oxygen atoms in total. The molecule has 0 saturated carbocycles. The first-order chi connectivity index (χ1) is 13.6. The van der Waals surface area contributed by atoms with Crippen molar-refractivity contribution < 1.29 is 14.0 Å². The van der Waals surface area contributed by atoms with E-state index in [1.165, 1.54) is 11.3 Å². The number of hydrogen-bond acceptors (Lipinski definition) is 5. The summed E-state index contributed by atoms with van der Waals surface area (Å²) in [5, 5.41) is 9.61. The Kier molecular flexibility index (Phi) is 4.90. The number of furan rings is 1. The number of aryl methyl sites for hydroxylation is 1. The fourth-order valence-corrected chi connectivity index (χ4v) is 3.49. The molecule has 4 rings (SSSR count). The minimum atomic E-state index is -0.342. The van der Waals surface area contributed by atoms with Crippen molar-refractivity contribution in [3.63, 3.8) is 0 Å². The highest BCUT2D eigenvalue weighted by molar-refractivity contribution is 7.14. The number of carbonyl (C=O) groups is 2. The number of anilines is 1. The lowest BCUT2D eigenvalue weighted by atomic mass is 10.1. The van der Waals surface area contributed by atoms with Crippen LogP contribution in [-0.2, 0) is 4.79 Å². The van der Waals surface area contributed by atoms with Crippen molar-refractivity contribution in [2.75, 3.05) is 11.9 Å². The molecule has 28 heavy (non-hydrogen) atoms. The number of thiazole rings is 1. The second kappa shape index (κ2) is 7.66. The molecule has 2 N–H and O–H groups in total. The maximum absolute atomic E-state index is 12.3. The van der Waals surface area contributed by atoms with Gasteiger partial charge >= 0.3 is 0 Å². The average molecular weight is 391 g/mol. The van der Waals surface area contributed by atoms with Gasteiger partial charge in [0.05, 0.1) is 6.54 Å². The van der Waals surface area contributed by atoms with Crippen molar-refractivity contribution in [2.24, 2.45) is 0 Å². The largest absolute Gasteiger partial charge is 0.460 e. The van der Waals surface area contributed by atoms with Gasteiger partial charge in [-0.15, -0.1) is 11.3 Å². The van der Waals surface area contributed by atoms with Gasteiger partial charge in [-0.25, -0.2) is 4.98 Å².